The number of rotatable bonds is 7. The summed E-state index contributed by atoms with van der Waals surface area (Å²) in [5.41, 5.74) is 2.18. The molecule has 4 rings (SSSR count). The van der Waals surface area contributed by atoms with Crippen molar-refractivity contribution in [2.75, 3.05) is 30.5 Å². The first-order valence-electron chi connectivity index (χ1n) is 10.3. The number of ether oxygens (including phenoxy) is 1. The highest BCUT2D eigenvalue weighted by Crippen LogP contribution is 2.42. The Morgan fingerprint density at radius 1 is 1.09 bits per heavy atom. The molecule has 164 valence electrons. The number of hydrogen-bond donors (Lipinski definition) is 1. The number of carbonyl (C=O) groups excluding carboxylic acids is 2. The standard InChI is InChI=1S/C25H24N2O5/c1-4-31-19-13-11-18(12-14-19)27-22(16-7-9-17(10-8-16)26(2)3)21(24(29)25(27)30)23(28)20-6-5-15-32-20/h5-15,22,29H,4H2,1-3H3. The summed E-state index contributed by atoms with van der Waals surface area (Å²) < 4.78 is 10.8. The molecule has 0 aliphatic carbocycles. The van der Waals surface area contributed by atoms with Crippen LogP contribution in [0.25, 0.3) is 0 Å². The van der Waals surface area contributed by atoms with Gasteiger partial charge in [-0.15, -0.1) is 0 Å². The summed E-state index contributed by atoms with van der Waals surface area (Å²) in [6, 6.07) is 16.8. The molecule has 0 fully saturated rings. The molecule has 7 heteroatoms. The Balaban J connectivity index is 1.81. The Morgan fingerprint density at radius 2 is 1.78 bits per heavy atom. The summed E-state index contributed by atoms with van der Waals surface area (Å²) >= 11 is 0. The van der Waals surface area contributed by atoms with Crippen LogP contribution in [-0.4, -0.2) is 37.5 Å². The van der Waals surface area contributed by atoms with Crippen molar-refractivity contribution in [2.24, 2.45) is 0 Å². The van der Waals surface area contributed by atoms with Crippen LogP contribution in [0.15, 0.2) is 82.7 Å². The molecule has 3 aromatic rings. The highest BCUT2D eigenvalue weighted by atomic mass is 16.5. The lowest BCUT2D eigenvalue weighted by atomic mass is 9.94. The third-order valence-electron chi connectivity index (χ3n) is 5.35. The SMILES string of the molecule is CCOc1ccc(N2C(=O)C(O)=C(C(=O)c3ccco3)C2c2ccc(N(C)C)cc2)cc1. The zero-order valence-corrected chi connectivity index (χ0v) is 18.1. The molecule has 0 saturated heterocycles. The molecule has 1 atom stereocenters. The van der Waals surface area contributed by atoms with Crippen molar-refractivity contribution in [3.63, 3.8) is 0 Å². The van der Waals surface area contributed by atoms with E-state index in [2.05, 4.69) is 0 Å². The quantitative estimate of drug-likeness (QED) is 0.553. The summed E-state index contributed by atoms with van der Waals surface area (Å²) in [5.74, 6) is -1.04. The van der Waals surface area contributed by atoms with Gasteiger partial charge >= 0.3 is 0 Å². The number of hydrogen-bond acceptors (Lipinski definition) is 6. The molecular formula is C25H24N2O5. The molecule has 1 amide bonds. The summed E-state index contributed by atoms with van der Waals surface area (Å²) in [6.07, 6.45) is 1.38. The smallest absolute Gasteiger partial charge is 0.294 e. The number of anilines is 2. The van der Waals surface area contributed by atoms with E-state index in [-0.39, 0.29) is 11.3 Å². The maximum atomic E-state index is 13.2. The molecule has 32 heavy (non-hydrogen) atoms. The van der Waals surface area contributed by atoms with Gasteiger partial charge in [-0.2, -0.15) is 0 Å². The van der Waals surface area contributed by atoms with Crippen LogP contribution in [0.4, 0.5) is 11.4 Å². The molecule has 0 bridgehead atoms. The average molecular weight is 432 g/mol. The van der Waals surface area contributed by atoms with Gasteiger partial charge in [-0.05, 0) is 61.0 Å². The van der Waals surface area contributed by atoms with E-state index in [0.717, 1.165) is 5.69 Å². The van der Waals surface area contributed by atoms with E-state index in [1.54, 1.807) is 30.3 Å². The molecule has 7 nitrogen and oxygen atoms in total. The Labute approximate surface area is 186 Å². The maximum Gasteiger partial charge on any atom is 0.294 e. The van der Waals surface area contributed by atoms with Gasteiger partial charge in [-0.3, -0.25) is 14.5 Å². The molecule has 1 aliphatic rings. The second kappa shape index (κ2) is 8.63. The highest BCUT2D eigenvalue weighted by molar-refractivity contribution is 6.20. The first-order valence-corrected chi connectivity index (χ1v) is 10.3. The number of ketones is 1. The van der Waals surface area contributed by atoms with E-state index < -0.39 is 23.5 Å². The second-order valence-corrected chi connectivity index (χ2v) is 7.56. The summed E-state index contributed by atoms with van der Waals surface area (Å²) in [6.45, 7) is 2.41. The predicted octanol–water partition coefficient (Wildman–Crippen LogP) is 4.53. The molecular weight excluding hydrogens is 408 g/mol. The van der Waals surface area contributed by atoms with Crippen molar-refractivity contribution >= 4 is 23.1 Å². The normalized spacial score (nSPS) is 15.9. The van der Waals surface area contributed by atoms with E-state index in [0.29, 0.717) is 23.6 Å². The van der Waals surface area contributed by atoms with Crippen LogP contribution in [0, 0.1) is 0 Å². The summed E-state index contributed by atoms with van der Waals surface area (Å²) in [5, 5.41) is 10.8. The van der Waals surface area contributed by atoms with E-state index in [1.807, 2.05) is 50.2 Å². The lowest BCUT2D eigenvalue weighted by molar-refractivity contribution is -0.117. The first kappa shape index (κ1) is 21.2. The Kier molecular flexibility index (Phi) is 5.73. The second-order valence-electron chi connectivity index (χ2n) is 7.56. The van der Waals surface area contributed by atoms with Gasteiger partial charge in [-0.25, -0.2) is 0 Å². The van der Waals surface area contributed by atoms with Gasteiger partial charge in [0.05, 0.1) is 24.5 Å². The number of aliphatic hydroxyl groups is 1. The third-order valence-corrected chi connectivity index (χ3v) is 5.35. The fourth-order valence-corrected chi connectivity index (χ4v) is 3.78. The number of furan rings is 1. The Hall–Kier alpha value is -4.00. The fourth-order valence-electron chi connectivity index (χ4n) is 3.78. The lowest BCUT2D eigenvalue weighted by Gasteiger charge is -2.27. The number of Topliss-reactive ketones (excluding diaryl/α,β-unsaturated/α-hetero) is 1. The van der Waals surface area contributed by atoms with Crippen LogP contribution in [0.2, 0.25) is 0 Å². The lowest BCUT2D eigenvalue weighted by Crippen LogP contribution is -2.31. The van der Waals surface area contributed by atoms with E-state index in [4.69, 9.17) is 9.15 Å². The van der Waals surface area contributed by atoms with Crippen LogP contribution < -0.4 is 14.5 Å². The minimum atomic E-state index is -0.811. The van der Waals surface area contributed by atoms with Crippen LogP contribution in [-0.2, 0) is 4.79 Å². The third kappa shape index (κ3) is 3.73. The largest absolute Gasteiger partial charge is 0.503 e. The van der Waals surface area contributed by atoms with Gasteiger partial charge in [0.1, 0.15) is 5.75 Å². The molecule has 1 aliphatic heterocycles. The maximum absolute atomic E-state index is 13.2. The molecule has 1 N–H and O–H groups in total. The van der Waals surface area contributed by atoms with Crippen LogP contribution in [0.1, 0.15) is 29.1 Å². The Bertz CT molecular complexity index is 1150. The van der Waals surface area contributed by atoms with Crippen molar-refractivity contribution in [2.45, 2.75) is 13.0 Å². The van der Waals surface area contributed by atoms with Crippen molar-refractivity contribution < 1.29 is 23.8 Å². The molecule has 0 saturated carbocycles. The monoisotopic (exact) mass is 432 g/mol. The van der Waals surface area contributed by atoms with Gasteiger partial charge in [-0.1, -0.05) is 12.1 Å². The van der Waals surface area contributed by atoms with Crippen molar-refractivity contribution in [3.8, 4) is 5.75 Å². The molecule has 0 spiro atoms. The molecule has 1 unspecified atom stereocenters. The van der Waals surface area contributed by atoms with Crippen molar-refractivity contribution in [3.05, 3.63) is 89.6 Å². The fraction of sp³-hybridized carbons (Fsp3) is 0.200. The van der Waals surface area contributed by atoms with Gasteiger partial charge in [0.2, 0.25) is 5.78 Å². The number of carbonyl (C=O) groups is 2. The zero-order valence-electron chi connectivity index (χ0n) is 18.1. The summed E-state index contributed by atoms with van der Waals surface area (Å²) in [4.78, 5) is 29.8. The van der Waals surface area contributed by atoms with E-state index in [9.17, 15) is 14.7 Å². The molecule has 2 aromatic carbocycles. The average Bonchev–Trinajstić information content (AvgIpc) is 3.42. The van der Waals surface area contributed by atoms with Crippen LogP contribution in [0.3, 0.4) is 0 Å². The zero-order chi connectivity index (χ0) is 22.8. The van der Waals surface area contributed by atoms with Crippen molar-refractivity contribution in [1.82, 2.24) is 0 Å². The predicted molar refractivity (Wildman–Crippen MR) is 121 cm³/mol. The number of benzene rings is 2. The van der Waals surface area contributed by atoms with E-state index in [1.165, 1.54) is 17.2 Å². The van der Waals surface area contributed by atoms with Gasteiger partial charge in [0, 0.05) is 25.5 Å². The van der Waals surface area contributed by atoms with E-state index >= 15 is 0 Å². The Morgan fingerprint density at radius 3 is 2.34 bits per heavy atom. The molecule has 1 aromatic heterocycles. The first-order chi connectivity index (χ1) is 15.4. The van der Waals surface area contributed by atoms with Crippen LogP contribution >= 0.6 is 0 Å². The summed E-state index contributed by atoms with van der Waals surface area (Å²) in [7, 11) is 3.86. The van der Waals surface area contributed by atoms with Crippen LogP contribution in [0.5, 0.6) is 5.75 Å². The minimum absolute atomic E-state index is 0.0172. The minimum Gasteiger partial charge on any atom is -0.503 e. The van der Waals surface area contributed by atoms with Crippen molar-refractivity contribution in [1.29, 1.82) is 0 Å². The number of nitrogens with zero attached hydrogens (tertiary/aromatic N) is 2. The molecule has 2 heterocycles. The topological polar surface area (TPSA) is 83.2 Å². The number of aliphatic hydroxyl groups excluding tert-OH is 1. The van der Waals surface area contributed by atoms with Gasteiger partial charge < -0.3 is 19.2 Å². The highest BCUT2D eigenvalue weighted by Gasteiger charge is 2.45. The number of amides is 1. The molecule has 0 radical (unpaired) electrons. The van der Waals surface area contributed by atoms with Gasteiger partial charge in [0.15, 0.2) is 11.5 Å². The van der Waals surface area contributed by atoms with Gasteiger partial charge in [0.25, 0.3) is 5.91 Å².